The van der Waals surface area contributed by atoms with Crippen molar-refractivity contribution in [1.29, 1.82) is 0 Å². The fraction of sp³-hybridized carbons (Fsp3) is 0.170. The van der Waals surface area contributed by atoms with Gasteiger partial charge in [-0.1, -0.05) is 182 Å². The summed E-state index contributed by atoms with van der Waals surface area (Å²) in [6, 6.07) is 67.0. The number of aliphatic hydroxyl groups is 1. The monoisotopic (exact) mass is 792 g/mol. The first-order valence-electron chi connectivity index (χ1n) is 20.4. The van der Waals surface area contributed by atoms with E-state index in [1.807, 2.05) is 140 Å². The quantitative estimate of drug-likeness (QED) is 0.0597. The van der Waals surface area contributed by atoms with E-state index in [2.05, 4.69) is 67.2 Å². The molecule has 7 aromatic carbocycles. The van der Waals surface area contributed by atoms with Gasteiger partial charge < -0.3 is 28.6 Å². The van der Waals surface area contributed by atoms with Crippen molar-refractivity contribution >= 4 is 7.12 Å². The Morgan fingerprint density at radius 3 is 1.20 bits per heavy atom. The predicted molar refractivity (Wildman–Crippen MR) is 238 cm³/mol. The number of ether oxygens (including phenoxy) is 3. The van der Waals surface area contributed by atoms with Crippen LogP contribution in [0.15, 0.2) is 213 Å². The summed E-state index contributed by atoms with van der Waals surface area (Å²) in [6.45, 7) is 4.44. The van der Waals surface area contributed by atoms with Crippen molar-refractivity contribution in [3.63, 3.8) is 0 Å². The van der Waals surface area contributed by atoms with Crippen LogP contribution < -0.4 is 9.47 Å². The minimum Gasteiger partial charge on any atom is -0.497 e. The molecule has 1 fully saturated rings. The van der Waals surface area contributed by atoms with Crippen LogP contribution in [0.4, 0.5) is 0 Å². The third-order valence-corrected chi connectivity index (χ3v) is 11.7. The van der Waals surface area contributed by atoms with Crippen molar-refractivity contribution in [3.05, 3.63) is 252 Å². The van der Waals surface area contributed by atoms with E-state index >= 15 is 0 Å². The van der Waals surface area contributed by atoms with Crippen LogP contribution >= 0.6 is 0 Å². The highest BCUT2D eigenvalue weighted by molar-refractivity contribution is 6.48. The third kappa shape index (κ3) is 7.24. The second kappa shape index (κ2) is 18.0. The predicted octanol–water partition coefficient (Wildman–Crippen LogP) is 10.7. The van der Waals surface area contributed by atoms with Crippen molar-refractivity contribution in [3.8, 4) is 11.5 Å². The Morgan fingerprint density at radius 2 is 0.867 bits per heavy atom. The lowest BCUT2D eigenvalue weighted by molar-refractivity contribution is -0.00594. The summed E-state index contributed by atoms with van der Waals surface area (Å²) in [5.74, 6) is 0.809. The molecule has 0 radical (unpaired) electrons. The summed E-state index contributed by atoms with van der Waals surface area (Å²) in [5.41, 5.74) is 2.98. The minimum absolute atomic E-state index is 0.177. The van der Waals surface area contributed by atoms with E-state index in [4.69, 9.17) is 23.5 Å². The lowest BCUT2D eigenvalue weighted by atomic mass is 9.66. The topological polar surface area (TPSA) is 66.4 Å². The van der Waals surface area contributed by atoms with Crippen LogP contribution in [0, 0.1) is 0 Å². The summed E-state index contributed by atoms with van der Waals surface area (Å²) < 4.78 is 33.3. The Labute approximate surface area is 353 Å². The van der Waals surface area contributed by atoms with E-state index in [1.165, 1.54) is 0 Å². The van der Waals surface area contributed by atoms with E-state index in [-0.39, 0.29) is 13.0 Å². The first-order valence-corrected chi connectivity index (χ1v) is 20.4. The van der Waals surface area contributed by atoms with E-state index in [0.717, 1.165) is 50.4 Å². The molecule has 0 bridgehead atoms. The molecule has 8 rings (SSSR count). The van der Waals surface area contributed by atoms with Crippen LogP contribution in [0.5, 0.6) is 11.5 Å². The smallest absolute Gasteiger partial charge is 0.468 e. The van der Waals surface area contributed by atoms with E-state index in [0.29, 0.717) is 0 Å². The Morgan fingerprint density at radius 1 is 0.533 bits per heavy atom. The van der Waals surface area contributed by atoms with Gasteiger partial charge in [-0.25, -0.2) is 0 Å². The van der Waals surface area contributed by atoms with Crippen molar-refractivity contribution in [2.45, 2.75) is 35.1 Å². The lowest BCUT2D eigenvalue weighted by Gasteiger charge is -2.46. The van der Waals surface area contributed by atoms with Crippen molar-refractivity contribution < 1.29 is 28.6 Å². The first-order chi connectivity index (χ1) is 29.5. The highest BCUT2D eigenvalue weighted by atomic mass is 16.7. The summed E-state index contributed by atoms with van der Waals surface area (Å²) in [5, 5.41) is 12.4. The molecule has 0 saturated carbocycles. The van der Waals surface area contributed by atoms with Gasteiger partial charge in [0.25, 0.3) is 0 Å². The molecule has 0 unspecified atom stereocenters. The van der Waals surface area contributed by atoms with Gasteiger partial charge in [-0.15, -0.1) is 6.58 Å². The number of hydrogen-bond acceptors (Lipinski definition) is 6. The maximum Gasteiger partial charge on any atom is 0.468 e. The van der Waals surface area contributed by atoms with Gasteiger partial charge in [-0.05, 0) is 69.6 Å². The standard InChI is InChI=1S/C53H49BO6/c1-4-49(50(55)38-39-58-51(40-20-10-5-11-21-40,41-30-34-47(56-2)35-31-41)42-32-36-48(57-3)37-33-42)54-59-52(43-22-12-6-13-23-43,44-24-14-7-15-25-44)53(60-54,45-26-16-8-17-27-45)46-28-18-9-19-29-46/h4-37,49-50,55H,1,38-39H2,2-3H3/t49-,50+/m0/s1. The fourth-order valence-corrected chi connectivity index (χ4v) is 8.85. The number of hydrogen-bond donors (Lipinski definition) is 1. The molecule has 1 heterocycles. The maximum atomic E-state index is 12.4. The molecular weight excluding hydrogens is 743 g/mol. The zero-order chi connectivity index (χ0) is 41.4. The van der Waals surface area contributed by atoms with Gasteiger partial charge in [0.2, 0.25) is 0 Å². The molecule has 2 atom stereocenters. The van der Waals surface area contributed by atoms with E-state index < -0.39 is 35.8 Å². The van der Waals surface area contributed by atoms with Crippen LogP contribution in [0.1, 0.15) is 45.4 Å². The normalized spacial score (nSPS) is 15.5. The van der Waals surface area contributed by atoms with Crippen molar-refractivity contribution in [2.24, 2.45) is 0 Å². The zero-order valence-corrected chi connectivity index (χ0v) is 34.0. The number of aliphatic hydroxyl groups excluding tert-OH is 1. The largest absolute Gasteiger partial charge is 0.497 e. The van der Waals surface area contributed by atoms with Gasteiger partial charge >= 0.3 is 7.12 Å². The van der Waals surface area contributed by atoms with Gasteiger partial charge in [0.1, 0.15) is 28.3 Å². The fourth-order valence-electron chi connectivity index (χ4n) is 8.85. The van der Waals surface area contributed by atoms with Gasteiger partial charge in [-0.3, -0.25) is 0 Å². The molecule has 7 aromatic rings. The van der Waals surface area contributed by atoms with Gasteiger partial charge in [0, 0.05) is 5.82 Å². The zero-order valence-electron chi connectivity index (χ0n) is 34.0. The Kier molecular flexibility index (Phi) is 12.1. The molecule has 60 heavy (non-hydrogen) atoms. The molecule has 300 valence electrons. The van der Waals surface area contributed by atoms with Crippen LogP contribution in [-0.4, -0.2) is 39.2 Å². The lowest BCUT2D eigenvalue weighted by Crippen LogP contribution is -2.48. The summed E-state index contributed by atoms with van der Waals surface area (Å²) >= 11 is 0. The van der Waals surface area contributed by atoms with Gasteiger partial charge in [-0.2, -0.15) is 0 Å². The molecule has 1 N–H and O–H groups in total. The Balaban J connectivity index is 1.20. The molecule has 0 amide bonds. The highest BCUT2D eigenvalue weighted by Gasteiger charge is 2.67. The average Bonchev–Trinajstić information content (AvgIpc) is 3.70. The highest BCUT2D eigenvalue weighted by Crippen LogP contribution is 2.60. The Bertz CT molecular complexity index is 2190. The van der Waals surface area contributed by atoms with E-state index in [1.54, 1.807) is 20.3 Å². The molecule has 0 spiro atoms. The molecule has 1 saturated heterocycles. The number of rotatable bonds is 16. The first kappa shape index (κ1) is 40.6. The molecular formula is C53H49BO6. The molecule has 0 aliphatic carbocycles. The second-order valence-electron chi connectivity index (χ2n) is 15.0. The van der Waals surface area contributed by atoms with Crippen LogP contribution in [-0.2, 0) is 30.8 Å². The van der Waals surface area contributed by atoms with Crippen molar-refractivity contribution in [1.82, 2.24) is 0 Å². The van der Waals surface area contributed by atoms with Crippen LogP contribution in [0.25, 0.3) is 0 Å². The average molecular weight is 793 g/mol. The molecule has 6 nitrogen and oxygen atoms in total. The van der Waals surface area contributed by atoms with Gasteiger partial charge in [0.05, 0.1) is 26.9 Å². The maximum absolute atomic E-state index is 12.4. The molecule has 1 aliphatic heterocycles. The number of benzene rings is 7. The second-order valence-corrected chi connectivity index (χ2v) is 15.0. The summed E-state index contributed by atoms with van der Waals surface area (Å²) in [4.78, 5) is 0. The molecule has 0 aromatic heterocycles. The molecule has 7 heteroatoms. The summed E-state index contributed by atoms with van der Waals surface area (Å²) in [7, 11) is 2.38. The van der Waals surface area contributed by atoms with Gasteiger partial charge in [0.15, 0.2) is 0 Å². The Hall–Kier alpha value is -6.22. The SMILES string of the molecule is C=C[C@H](B1OC(c2ccccc2)(c2ccccc2)C(c2ccccc2)(c2ccccc2)O1)[C@H](O)CCOC(c1ccccc1)(c1ccc(OC)cc1)c1ccc(OC)cc1. The van der Waals surface area contributed by atoms with Crippen LogP contribution in [0.2, 0.25) is 5.82 Å². The third-order valence-electron chi connectivity index (χ3n) is 11.7. The molecule has 1 aliphatic rings. The minimum atomic E-state index is -1.19. The number of methoxy groups -OCH3 is 2. The van der Waals surface area contributed by atoms with Crippen molar-refractivity contribution in [2.75, 3.05) is 20.8 Å². The van der Waals surface area contributed by atoms with E-state index in [9.17, 15) is 5.11 Å². The van der Waals surface area contributed by atoms with Crippen LogP contribution in [0.3, 0.4) is 0 Å². The summed E-state index contributed by atoms with van der Waals surface area (Å²) in [6.07, 6.45) is 1.02.